The monoisotopic (exact) mass is 295 g/mol. The number of benzene rings is 1. The zero-order valence-electron chi connectivity index (χ0n) is 11.0. The summed E-state index contributed by atoms with van der Waals surface area (Å²) >= 11 is 6.02. The zero-order valence-corrected chi connectivity index (χ0v) is 11.8. The van der Waals surface area contributed by atoms with Gasteiger partial charge in [0.1, 0.15) is 11.6 Å². The van der Waals surface area contributed by atoms with E-state index in [4.69, 9.17) is 16.0 Å². The normalized spacial score (nSPS) is 14.6. The summed E-state index contributed by atoms with van der Waals surface area (Å²) in [6.45, 7) is 1.89. The summed E-state index contributed by atoms with van der Waals surface area (Å²) in [6.07, 6.45) is 2.69. The smallest absolute Gasteiger partial charge is 0.205 e. The van der Waals surface area contributed by atoms with Crippen LogP contribution in [-0.2, 0) is 6.42 Å². The summed E-state index contributed by atoms with van der Waals surface area (Å²) in [5.41, 5.74) is 0.883. The van der Waals surface area contributed by atoms with Crippen LogP contribution in [0.3, 0.4) is 0 Å². The molecule has 1 aliphatic carbocycles. The minimum Gasteiger partial charge on any atom is -0.504 e. The molecule has 0 bridgehead atoms. The number of aromatic hydroxyl groups is 1. The number of nitrogens with one attached hydrogen (secondary N) is 1. The van der Waals surface area contributed by atoms with E-state index in [9.17, 15) is 9.50 Å². The van der Waals surface area contributed by atoms with Crippen LogP contribution in [0.4, 0.5) is 10.3 Å². The highest BCUT2D eigenvalue weighted by atomic mass is 35.5. The van der Waals surface area contributed by atoms with Gasteiger partial charge in [-0.15, -0.1) is 0 Å². The van der Waals surface area contributed by atoms with Crippen molar-refractivity contribution in [2.75, 3.05) is 5.32 Å². The molecule has 0 amide bonds. The topological polar surface area (TPSA) is 45.4 Å². The average Bonchev–Trinajstić information content (AvgIpc) is 3.18. The molecule has 0 saturated heterocycles. The molecule has 3 rings (SSSR count). The molecule has 1 heterocycles. The first-order valence-corrected chi connectivity index (χ1v) is 7.05. The Hall–Kier alpha value is -1.68. The summed E-state index contributed by atoms with van der Waals surface area (Å²) in [5.74, 6) is 0.459. The van der Waals surface area contributed by atoms with Gasteiger partial charge in [0, 0.05) is 18.0 Å². The highest BCUT2D eigenvalue weighted by Gasteiger charge is 2.28. The van der Waals surface area contributed by atoms with Crippen molar-refractivity contribution in [1.29, 1.82) is 0 Å². The molecule has 0 unspecified atom stereocenters. The summed E-state index contributed by atoms with van der Waals surface area (Å²) in [7, 11) is 0. The molecule has 2 N–H and O–H groups in total. The van der Waals surface area contributed by atoms with Crippen LogP contribution in [0.1, 0.15) is 25.5 Å². The number of anilines is 1. The summed E-state index contributed by atoms with van der Waals surface area (Å²) in [4.78, 5) is 0. The molecule has 0 radical (unpaired) electrons. The van der Waals surface area contributed by atoms with E-state index < -0.39 is 5.82 Å². The molecule has 3 nitrogen and oxygen atoms in total. The van der Waals surface area contributed by atoms with Crippen molar-refractivity contribution in [3.63, 3.8) is 0 Å². The lowest BCUT2D eigenvalue weighted by Crippen LogP contribution is -2.00. The van der Waals surface area contributed by atoms with E-state index in [1.54, 1.807) is 12.1 Å². The average molecular weight is 296 g/mol. The molecule has 20 heavy (non-hydrogen) atoms. The highest BCUT2D eigenvalue weighted by molar-refractivity contribution is 6.33. The fourth-order valence-corrected chi connectivity index (χ4v) is 2.39. The molecule has 2 aromatic rings. The molecule has 1 saturated carbocycles. The Labute approximate surface area is 121 Å². The van der Waals surface area contributed by atoms with E-state index in [-0.39, 0.29) is 10.8 Å². The molecule has 1 aliphatic rings. The lowest BCUT2D eigenvalue weighted by atomic mass is 10.1. The lowest BCUT2D eigenvalue weighted by Gasteiger charge is -2.07. The van der Waals surface area contributed by atoms with Crippen molar-refractivity contribution < 1.29 is 13.9 Å². The van der Waals surface area contributed by atoms with Crippen molar-refractivity contribution in [2.45, 2.75) is 32.2 Å². The SMILES string of the molecule is CCc1oc(NC2CC2)c(-c2cccc(F)c2Cl)c1O. The Kier molecular flexibility index (Phi) is 3.34. The van der Waals surface area contributed by atoms with Gasteiger partial charge in [-0.2, -0.15) is 0 Å². The third-order valence-corrected chi connectivity index (χ3v) is 3.79. The van der Waals surface area contributed by atoms with Gasteiger partial charge in [-0.1, -0.05) is 30.7 Å². The van der Waals surface area contributed by atoms with Crippen LogP contribution in [0.15, 0.2) is 22.6 Å². The molecule has 5 heteroatoms. The van der Waals surface area contributed by atoms with Gasteiger partial charge in [0.15, 0.2) is 5.75 Å². The first-order chi connectivity index (χ1) is 9.61. The number of furan rings is 1. The van der Waals surface area contributed by atoms with E-state index in [0.29, 0.717) is 35.2 Å². The molecule has 0 atom stereocenters. The number of rotatable bonds is 4. The van der Waals surface area contributed by atoms with Gasteiger partial charge in [0.25, 0.3) is 0 Å². The number of aryl methyl sites for hydroxylation is 1. The quantitative estimate of drug-likeness (QED) is 0.867. The summed E-state index contributed by atoms with van der Waals surface area (Å²) in [6, 6.07) is 4.89. The van der Waals surface area contributed by atoms with Crippen molar-refractivity contribution in [2.24, 2.45) is 0 Å². The molecular formula is C15H15ClFNO2. The van der Waals surface area contributed by atoms with E-state index in [1.165, 1.54) is 6.07 Å². The van der Waals surface area contributed by atoms with Crippen LogP contribution >= 0.6 is 11.6 Å². The first-order valence-electron chi connectivity index (χ1n) is 6.67. The van der Waals surface area contributed by atoms with Crippen molar-refractivity contribution in [1.82, 2.24) is 0 Å². The third-order valence-electron chi connectivity index (χ3n) is 3.41. The van der Waals surface area contributed by atoms with Gasteiger partial charge in [-0.05, 0) is 18.9 Å². The Balaban J connectivity index is 2.14. The van der Waals surface area contributed by atoms with Gasteiger partial charge in [-0.3, -0.25) is 0 Å². The highest BCUT2D eigenvalue weighted by Crippen LogP contribution is 2.46. The Morgan fingerprint density at radius 2 is 2.20 bits per heavy atom. The van der Waals surface area contributed by atoms with Crippen LogP contribution < -0.4 is 5.32 Å². The van der Waals surface area contributed by atoms with Gasteiger partial charge >= 0.3 is 0 Å². The predicted molar refractivity (Wildman–Crippen MR) is 76.8 cm³/mol. The Bertz CT molecular complexity index is 650. The van der Waals surface area contributed by atoms with Gasteiger partial charge in [-0.25, -0.2) is 4.39 Å². The molecule has 0 aliphatic heterocycles. The van der Waals surface area contributed by atoms with Crippen LogP contribution in [0.2, 0.25) is 5.02 Å². The van der Waals surface area contributed by atoms with Crippen molar-refractivity contribution in [3.8, 4) is 16.9 Å². The van der Waals surface area contributed by atoms with Crippen molar-refractivity contribution >= 4 is 17.5 Å². The summed E-state index contributed by atoms with van der Waals surface area (Å²) < 4.78 is 19.3. The lowest BCUT2D eigenvalue weighted by molar-refractivity contribution is 0.437. The molecule has 1 aromatic carbocycles. The van der Waals surface area contributed by atoms with E-state index >= 15 is 0 Å². The van der Waals surface area contributed by atoms with Gasteiger partial charge < -0.3 is 14.8 Å². The van der Waals surface area contributed by atoms with E-state index in [0.717, 1.165) is 12.8 Å². The Morgan fingerprint density at radius 1 is 1.45 bits per heavy atom. The van der Waals surface area contributed by atoms with Gasteiger partial charge in [0.05, 0.1) is 10.6 Å². The number of halogens is 2. The maximum absolute atomic E-state index is 13.6. The minimum absolute atomic E-state index is 0.00917. The van der Waals surface area contributed by atoms with Crippen LogP contribution in [-0.4, -0.2) is 11.1 Å². The van der Waals surface area contributed by atoms with E-state index in [1.807, 2.05) is 6.92 Å². The largest absolute Gasteiger partial charge is 0.504 e. The van der Waals surface area contributed by atoms with Crippen LogP contribution in [0.25, 0.3) is 11.1 Å². The molecule has 0 spiro atoms. The first kappa shape index (κ1) is 13.3. The predicted octanol–water partition coefficient (Wildman–Crippen LogP) is 4.58. The maximum Gasteiger partial charge on any atom is 0.205 e. The van der Waals surface area contributed by atoms with Crippen LogP contribution in [0.5, 0.6) is 5.75 Å². The zero-order chi connectivity index (χ0) is 14.3. The number of hydrogen-bond donors (Lipinski definition) is 2. The minimum atomic E-state index is -0.514. The summed E-state index contributed by atoms with van der Waals surface area (Å²) in [5, 5.41) is 13.5. The van der Waals surface area contributed by atoms with Crippen molar-refractivity contribution in [3.05, 3.63) is 34.8 Å². The molecular weight excluding hydrogens is 281 g/mol. The fourth-order valence-electron chi connectivity index (χ4n) is 2.17. The molecule has 1 fully saturated rings. The molecule has 1 aromatic heterocycles. The second-order valence-corrected chi connectivity index (χ2v) is 5.33. The fraction of sp³-hybridized carbons (Fsp3) is 0.333. The Morgan fingerprint density at radius 3 is 2.85 bits per heavy atom. The van der Waals surface area contributed by atoms with Crippen LogP contribution in [0, 0.1) is 5.82 Å². The van der Waals surface area contributed by atoms with E-state index in [2.05, 4.69) is 5.32 Å². The maximum atomic E-state index is 13.6. The molecule has 106 valence electrons. The number of hydrogen-bond acceptors (Lipinski definition) is 3. The van der Waals surface area contributed by atoms with Gasteiger partial charge in [0.2, 0.25) is 5.88 Å². The standard InChI is InChI=1S/C15H15ClFNO2/c1-2-11-14(19)12(15(20-11)18-8-6-7-8)9-4-3-5-10(17)13(9)16/h3-5,8,18-19H,2,6-7H2,1H3. The second kappa shape index (κ2) is 5.02. The third kappa shape index (κ3) is 2.24. The second-order valence-electron chi connectivity index (χ2n) is 4.95.